The van der Waals surface area contributed by atoms with Crippen LogP contribution in [0.1, 0.15) is 11.9 Å². The predicted molar refractivity (Wildman–Crippen MR) is 44.3 cm³/mol. The van der Waals surface area contributed by atoms with Gasteiger partial charge in [-0.3, -0.25) is 0 Å². The third kappa shape index (κ3) is 0.630. The Balaban J connectivity index is 2.17. The molecule has 0 saturated heterocycles. The second kappa shape index (κ2) is 2.00. The van der Waals surface area contributed by atoms with E-state index in [-0.39, 0.29) is 6.10 Å². The van der Waals surface area contributed by atoms with Crippen molar-refractivity contribution in [3.05, 3.63) is 36.6 Å². The summed E-state index contributed by atoms with van der Waals surface area (Å²) in [6.07, 6.45) is 11.8. The molecule has 0 radical (unpaired) electrons. The highest BCUT2D eigenvalue weighted by Crippen LogP contribution is 2.29. The van der Waals surface area contributed by atoms with Crippen molar-refractivity contribution >= 4 is 6.08 Å². The Labute approximate surface area is 70.0 Å². The highest BCUT2D eigenvalue weighted by Gasteiger charge is 2.27. The SMILES string of the molecule is C1=CC2C(C=Cc3nccn32)O1. The maximum atomic E-state index is 5.37. The van der Waals surface area contributed by atoms with E-state index in [0.717, 1.165) is 5.82 Å². The van der Waals surface area contributed by atoms with Crippen molar-refractivity contribution < 1.29 is 4.74 Å². The lowest BCUT2D eigenvalue weighted by Crippen LogP contribution is -2.21. The van der Waals surface area contributed by atoms with Crippen LogP contribution in [0.5, 0.6) is 0 Å². The molecule has 3 nitrogen and oxygen atoms in total. The number of ether oxygens (including phenoxy) is 1. The Morgan fingerprint density at radius 3 is 3.42 bits per heavy atom. The molecule has 60 valence electrons. The fourth-order valence-electron chi connectivity index (χ4n) is 1.70. The number of hydrogen-bond donors (Lipinski definition) is 0. The maximum Gasteiger partial charge on any atom is 0.141 e. The van der Waals surface area contributed by atoms with E-state index in [1.54, 1.807) is 6.26 Å². The summed E-state index contributed by atoms with van der Waals surface area (Å²) in [5, 5.41) is 0. The summed E-state index contributed by atoms with van der Waals surface area (Å²) < 4.78 is 7.49. The maximum absolute atomic E-state index is 5.37. The fraction of sp³-hybridized carbons (Fsp3) is 0.222. The van der Waals surface area contributed by atoms with Crippen LogP contribution in [0, 0.1) is 0 Å². The van der Waals surface area contributed by atoms with E-state index in [0.29, 0.717) is 6.04 Å². The van der Waals surface area contributed by atoms with Gasteiger partial charge in [-0.25, -0.2) is 4.98 Å². The number of aromatic nitrogens is 2. The first-order valence-electron chi connectivity index (χ1n) is 3.98. The molecular formula is C9H8N2O. The van der Waals surface area contributed by atoms with Gasteiger partial charge in [-0.1, -0.05) is 0 Å². The third-order valence-electron chi connectivity index (χ3n) is 2.30. The molecule has 3 heterocycles. The summed E-state index contributed by atoms with van der Waals surface area (Å²) in [6, 6.07) is 0.312. The number of rotatable bonds is 0. The summed E-state index contributed by atoms with van der Waals surface area (Å²) in [5.41, 5.74) is 0. The number of hydrogen-bond acceptors (Lipinski definition) is 2. The summed E-state index contributed by atoms with van der Waals surface area (Å²) in [5.74, 6) is 1.01. The highest BCUT2D eigenvalue weighted by atomic mass is 16.5. The van der Waals surface area contributed by atoms with Crippen molar-refractivity contribution in [2.45, 2.75) is 12.1 Å². The van der Waals surface area contributed by atoms with E-state index in [1.807, 2.05) is 24.5 Å². The first-order chi connectivity index (χ1) is 5.95. The Kier molecular flexibility index (Phi) is 1.01. The fourth-order valence-corrected chi connectivity index (χ4v) is 1.70. The van der Waals surface area contributed by atoms with E-state index in [1.165, 1.54) is 0 Å². The second-order valence-corrected chi connectivity index (χ2v) is 2.97. The average molecular weight is 160 g/mol. The molecule has 0 saturated carbocycles. The Hall–Kier alpha value is -1.51. The van der Waals surface area contributed by atoms with Crippen LogP contribution < -0.4 is 0 Å². The molecule has 0 fully saturated rings. The lowest BCUT2D eigenvalue weighted by atomic mass is 10.1. The van der Waals surface area contributed by atoms with E-state index >= 15 is 0 Å². The number of nitrogens with zero attached hydrogens (tertiary/aromatic N) is 2. The van der Waals surface area contributed by atoms with Crippen LogP contribution in [0.25, 0.3) is 6.08 Å². The van der Waals surface area contributed by atoms with Gasteiger partial charge in [0.25, 0.3) is 0 Å². The van der Waals surface area contributed by atoms with Gasteiger partial charge in [-0.2, -0.15) is 0 Å². The molecule has 0 amide bonds. The van der Waals surface area contributed by atoms with Crippen LogP contribution in [0.4, 0.5) is 0 Å². The van der Waals surface area contributed by atoms with Crippen LogP contribution in [0.3, 0.4) is 0 Å². The molecule has 0 N–H and O–H groups in total. The number of imidazole rings is 1. The monoisotopic (exact) mass is 160 g/mol. The van der Waals surface area contributed by atoms with E-state index in [2.05, 4.69) is 15.6 Å². The molecule has 1 aromatic heterocycles. The van der Waals surface area contributed by atoms with Crippen molar-refractivity contribution in [3.63, 3.8) is 0 Å². The zero-order chi connectivity index (χ0) is 7.97. The molecule has 3 heteroatoms. The van der Waals surface area contributed by atoms with Crippen LogP contribution in [-0.2, 0) is 4.74 Å². The molecule has 0 bridgehead atoms. The van der Waals surface area contributed by atoms with Crippen molar-refractivity contribution in [1.82, 2.24) is 9.55 Å². The van der Waals surface area contributed by atoms with Crippen molar-refractivity contribution in [1.29, 1.82) is 0 Å². The van der Waals surface area contributed by atoms with Gasteiger partial charge in [-0.15, -0.1) is 0 Å². The molecule has 1 aromatic rings. The van der Waals surface area contributed by atoms with Gasteiger partial charge < -0.3 is 9.30 Å². The van der Waals surface area contributed by atoms with Gasteiger partial charge in [0, 0.05) is 12.4 Å². The van der Waals surface area contributed by atoms with Gasteiger partial charge >= 0.3 is 0 Å². The third-order valence-corrected chi connectivity index (χ3v) is 2.30. The normalized spacial score (nSPS) is 29.7. The Morgan fingerprint density at radius 1 is 1.42 bits per heavy atom. The molecule has 2 atom stereocenters. The number of fused-ring (bicyclic) bond motifs is 3. The zero-order valence-electron chi connectivity index (χ0n) is 6.42. The van der Waals surface area contributed by atoms with Crippen LogP contribution in [0.2, 0.25) is 0 Å². The van der Waals surface area contributed by atoms with Gasteiger partial charge in [0.2, 0.25) is 0 Å². The molecule has 0 spiro atoms. The molecule has 2 aliphatic rings. The summed E-state index contributed by atoms with van der Waals surface area (Å²) >= 11 is 0. The quantitative estimate of drug-likeness (QED) is 0.573. The lowest BCUT2D eigenvalue weighted by molar-refractivity contribution is 0.178. The van der Waals surface area contributed by atoms with Gasteiger partial charge in [0.15, 0.2) is 0 Å². The molecule has 0 aromatic carbocycles. The minimum atomic E-state index is 0.173. The van der Waals surface area contributed by atoms with Crippen molar-refractivity contribution in [2.75, 3.05) is 0 Å². The van der Waals surface area contributed by atoms with E-state index in [4.69, 9.17) is 4.74 Å². The lowest BCUT2D eigenvalue weighted by Gasteiger charge is -2.21. The molecular weight excluding hydrogens is 152 g/mol. The highest BCUT2D eigenvalue weighted by molar-refractivity contribution is 5.45. The first kappa shape index (κ1) is 6.06. The summed E-state index contributed by atoms with van der Waals surface area (Å²) in [6.45, 7) is 0. The van der Waals surface area contributed by atoms with Gasteiger partial charge in [0.05, 0.1) is 12.3 Å². The largest absolute Gasteiger partial charge is 0.492 e. The smallest absolute Gasteiger partial charge is 0.141 e. The molecule has 0 aliphatic carbocycles. The Bertz CT molecular complexity index is 364. The van der Waals surface area contributed by atoms with Gasteiger partial charge in [-0.05, 0) is 18.2 Å². The van der Waals surface area contributed by atoms with Crippen LogP contribution in [0.15, 0.2) is 30.8 Å². The predicted octanol–water partition coefficient (Wildman–Crippen LogP) is 1.36. The minimum absolute atomic E-state index is 0.173. The first-order valence-corrected chi connectivity index (χ1v) is 3.98. The van der Waals surface area contributed by atoms with Crippen molar-refractivity contribution in [2.24, 2.45) is 0 Å². The molecule has 2 unspecified atom stereocenters. The van der Waals surface area contributed by atoms with Crippen LogP contribution in [-0.4, -0.2) is 15.7 Å². The van der Waals surface area contributed by atoms with E-state index < -0.39 is 0 Å². The minimum Gasteiger partial charge on any atom is -0.492 e. The van der Waals surface area contributed by atoms with Crippen LogP contribution >= 0.6 is 0 Å². The zero-order valence-corrected chi connectivity index (χ0v) is 6.42. The molecule has 3 rings (SSSR count). The Morgan fingerprint density at radius 2 is 2.42 bits per heavy atom. The van der Waals surface area contributed by atoms with E-state index in [9.17, 15) is 0 Å². The van der Waals surface area contributed by atoms with Crippen molar-refractivity contribution in [3.8, 4) is 0 Å². The molecule has 12 heavy (non-hydrogen) atoms. The average Bonchev–Trinajstić information content (AvgIpc) is 2.71. The summed E-state index contributed by atoms with van der Waals surface area (Å²) in [4.78, 5) is 4.20. The summed E-state index contributed by atoms with van der Waals surface area (Å²) in [7, 11) is 0. The molecule has 2 aliphatic heterocycles. The topological polar surface area (TPSA) is 27.1 Å². The second-order valence-electron chi connectivity index (χ2n) is 2.97. The standard InChI is InChI=1S/C9H8N2O/c1-2-9-10-4-5-11(9)7-3-6-12-8(1)7/h1-8H. The van der Waals surface area contributed by atoms with Gasteiger partial charge in [0.1, 0.15) is 11.9 Å².